The zero-order chi connectivity index (χ0) is 25.6. The zero-order valence-electron chi connectivity index (χ0n) is 21.0. The topological polar surface area (TPSA) is 81.7 Å². The van der Waals surface area contributed by atoms with Crippen LogP contribution in [0.15, 0.2) is 58.9 Å². The molecule has 0 unspecified atom stereocenters. The Morgan fingerprint density at radius 1 is 1.00 bits per heavy atom. The maximum Gasteiger partial charge on any atom is 0.320 e. The van der Waals surface area contributed by atoms with Crippen LogP contribution in [-0.2, 0) is 6.54 Å². The summed E-state index contributed by atoms with van der Waals surface area (Å²) in [5.74, 6) is 1.11. The van der Waals surface area contributed by atoms with Gasteiger partial charge in [0.25, 0.3) is 5.91 Å². The molecule has 2 aromatic heterocycles. The first-order valence-corrected chi connectivity index (χ1v) is 14.8. The van der Waals surface area contributed by atoms with E-state index in [1.54, 1.807) is 29.3 Å². The number of aromatic nitrogens is 2. The first kappa shape index (κ1) is 25.5. The fourth-order valence-corrected chi connectivity index (χ4v) is 6.47. The lowest BCUT2D eigenvalue weighted by Gasteiger charge is -2.39. The van der Waals surface area contributed by atoms with Crippen molar-refractivity contribution in [1.82, 2.24) is 25.1 Å². The Balaban J connectivity index is 1.09. The van der Waals surface area contributed by atoms with Crippen LogP contribution in [0.1, 0.15) is 39.8 Å². The second kappa shape index (κ2) is 12.0. The number of nitrogens with zero attached hydrogens (tertiary/aromatic N) is 5. The van der Waals surface area contributed by atoms with Gasteiger partial charge in [-0.05, 0) is 42.9 Å². The van der Waals surface area contributed by atoms with E-state index in [-0.39, 0.29) is 17.9 Å². The number of piperazine rings is 1. The molecule has 0 radical (unpaired) electrons. The summed E-state index contributed by atoms with van der Waals surface area (Å²) < 4.78 is 0. The molecule has 2 aliphatic heterocycles. The van der Waals surface area contributed by atoms with E-state index in [1.165, 1.54) is 0 Å². The van der Waals surface area contributed by atoms with E-state index in [1.807, 2.05) is 57.8 Å². The number of likely N-dealkylation sites (tertiary alicyclic amines) is 1. The van der Waals surface area contributed by atoms with Crippen LogP contribution < -0.4 is 10.2 Å². The molecule has 1 N–H and O–H groups in total. The number of piperidine rings is 1. The Bertz CT molecular complexity index is 1200. The average Bonchev–Trinajstić information content (AvgIpc) is 3.47. The number of nitrogens with one attached hydrogen (secondary N) is 1. The van der Waals surface area contributed by atoms with E-state index in [4.69, 9.17) is 0 Å². The van der Waals surface area contributed by atoms with Crippen LogP contribution in [0.3, 0.4) is 0 Å². The van der Waals surface area contributed by atoms with E-state index in [0.29, 0.717) is 25.3 Å². The number of pyridine rings is 1. The molecule has 0 bridgehead atoms. The number of carbonyl (C=O) groups is 2. The first-order chi connectivity index (χ1) is 18.1. The molecule has 0 saturated carbocycles. The second-order valence-corrected chi connectivity index (χ2v) is 11.0. The highest BCUT2D eigenvalue weighted by Gasteiger charge is 2.30. The number of anilines is 1. The van der Waals surface area contributed by atoms with Gasteiger partial charge in [0.1, 0.15) is 11.5 Å². The Morgan fingerprint density at radius 2 is 1.73 bits per heavy atom. The number of carbonyl (C=O) groups excluding carboxylic acids is 2. The fraction of sp³-hybridized carbons (Fsp3) is 0.407. The van der Waals surface area contributed by atoms with Crippen molar-refractivity contribution in [3.8, 4) is 0 Å². The molecule has 2 fully saturated rings. The van der Waals surface area contributed by atoms with E-state index >= 15 is 0 Å². The highest BCUT2D eigenvalue weighted by atomic mass is 32.2. The van der Waals surface area contributed by atoms with Crippen molar-refractivity contribution >= 4 is 40.9 Å². The molecule has 0 aliphatic carbocycles. The van der Waals surface area contributed by atoms with Gasteiger partial charge >= 0.3 is 6.03 Å². The average molecular weight is 537 g/mol. The van der Waals surface area contributed by atoms with Crippen molar-refractivity contribution in [2.45, 2.75) is 30.2 Å². The first-order valence-electron chi connectivity index (χ1n) is 12.7. The lowest BCUT2D eigenvalue weighted by atomic mass is 9.98. The highest BCUT2D eigenvalue weighted by molar-refractivity contribution is 7.98. The standard InChI is InChI=1S/C27H32N6O2S2/c1-36-23-7-3-2-6-21(23)18-29-25(34)22-19-37-26(30-22)20-9-12-32(13-10-20)27(35)33-16-14-31(15-17-33)24-8-4-5-11-28-24/h2-8,11,19-20H,9-10,12-18H2,1H3,(H,29,34). The van der Waals surface area contributed by atoms with E-state index in [0.717, 1.165) is 60.3 Å². The quantitative estimate of drug-likeness (QED) is 0.473. The number of benzene rings is 1. The summed E-state index contributed by atoms with van der Waals surface area (Å²) in [6.45, 7) is 4.94. The normalized spacial score (nSPS) is 16.6. The number of urea groups is 1. The van der Waals surface area contributed by atoms with Crippen LogP contribution in [0.5, 0.6) is 0 Å². The summed E-state index contributed by atoms with van der Waals surface area (Å²) in [6.07, 6.45) is 5.58. The molecule has 37 heavy (non-hydrogen) atoms. The number of hydrogen-bond acceptors (Lipinski definition) is 7. The maximum absolute atomic E-state index is 13.1. The monoisotopic (exact) mass is 536 g/mol. The van der Waals surface area contributed by atoms with Crippen LogP contribution in [0, 0.1) is 0 Å². The Labute approximate surface area is 226 Å². The third-order valence-electron chi connectivity index (χ3n) is 7.02. The predicted molar refractivity (Wildman–Crippen MR) is 148 cm³/mol. The molecular weight excluding hydrogens is 504 g/mol. The van der Waals surface area contributed by atoms with Gasteiger partial charge in [0.05, 0.1) is 5.01 Å². The van der Waals surface area contributed by atoms with Gasteiger partial charge in [0.2, 0.25) is 0 Å². The summed E-state index contributed by atoms with van der Waals surface area (Å²) in [5, 5.41) is 5.85. The van der Waals surface area contributed by atoms with Crippen molar-refractivity contribution in [2.24, 2.45) is 0 Å². The molecule has 1 aromatic carbocycles. The van der Waals surface area contributed by atoms with Gasteiger partial charge in [-0.1, -0.05) is 24.3 Å². The lowest BCUT2D eigenvalue weighted by molar-refractivity contribution is 0.0946. The Hall–Kier alpha value is -3.11. The lowest BCUT2D eigenvalue weighted by Crippen LogP contribution is -2.54. The summed E-state index contributed by atoms with van der Waals surface area (Å²) in [5.41, 5.74) is 1.58. The van der Waals surface area contributed by atoms with E-state index in [2.05, 4.69) is 26.3 Å². The number of amides is 3. The molecule has 194 valence electrons. The molecule has 0 atom stereocenters. The second-order valence-electron chi connectivity index (χ2n) is 9.27. The van der Waals surface area contributed by atoms with E-state index < -0.39 is 0 Å². The molecule has 4 heterocycles. The molecule has 5 rings (SSSR count). The van der Waals surface area contributed by atoms with Gasteiger partial charge in [-0.25, -0.2) is 14.8 Å². The minimum atomic E-state index is -0.143. The largest absolute Gasteiger partial charge is 0.353 e. The minimum Gasteiger partial charge on any atom is -0.353 e. The molecule has 2 saturated heterocycles. The zero-order valence-corrected chi connectivity index (χ0v) is 22.6. The van der Waals surface area contributed by atoms with Gasteiger partial charge in [-0.15, -0.1) is 23.1 Å². The summed E-state index contributed by atoms with van der Waals surface area (Å²) in [4.78, 5) is 42.2. The van der Waals surface area contributed by atoms with Gasteiger partial charge in [-0.3, -0.25) is 4.79 Å². The number of hydrogen-bond donors (Lipinski definition) is 1. The van der Waals surface area contributed by atoms with Crippen LogP contribution in [-0.4, -0.2) is 77.2 Å². The number of thioether (sulfide) groups is 1. The maximum atomic E-state index is 13.1. The summed E-state index contributed by atoms with van der Waals surface area (Å²) >= 11 is 3.22. The molecular formula is C27H32N6O2S2. The van der Waals surface area contributed by atoms with Gasteiger partial charge in [0.15, 0.2) is 0 Å². The van der Waals surface area contributed by atoms with Gasteiger partial charge in [-0.2, -0.15) is 0 Å². The highest BCUT2D eigenvalue weighted by Crippen LogP contribution is 2.31. The van der Waals surface area contributed by atoms with Gasteiger partial charge in [0, 0.05) is 68.2 Å². The summed E-state index contributed by atoms with van der Waals surface area (Å²) in [6, 6.07) is 14.1. The third kappa shape index (κ3) is 6.07. The molecule has 8 nitrogen and oxygen atoms in total. The molecule has 3 aromatic rings. The molecule has 3 amide bonds. The van der Waals surface area contributed by atoms with Crippen LogP contribution in [0.25, 0.3) is 0 Å². The van der Waals surface area contributed by atoms with E-state index in [9.17, 15) is 9.59 Å². The number of rotatable bonds is 6. The van der Waals surface area contributed by atoms with Crippen molar-refractivity contribution in [3.63, 3.8) is 0 Å². The fourth-order valence-electron chi connectivity index (χ4n) is 4.88. The van der Waals surface area contributed by atoms with Crippen LogP contribution in [0.2, 0.25) is 0 Å². The molecule has 10 heteroatoms. The predicted octanol–water partition coefficient (Wildman–Crippen LogP) is 4.31. The Morgan fingerprint density at radius 3 is 2.46 bits per heavy atom. The smallest absolute Gasteiger partial charge is 0.320 e. The van der Waals surface area contributed by atoms with Crippen LogP contribution >= 0.6 is 23.1 Å². The van der Waals surface area contributed by atoms with Crippen molar-refractivity contribution < 1.29 is 9.59 Å². The number of thiazole rings is 1. The molecule has 0 spiro atoms. The van der Waals surface area contributed by atoms with Crippen molar-refractivity contribution in [1.29, 1.82) is 0 Å². The van der Waals surface area contributed by atoms with Crippen molar-refractivity contribution in [2.75, 3.05) is 50.4 Å². The minimum absolute atomic E-state index is 0.129. The Kier molecular flexibility index (Phi) is 8.25. The van der Waals surface area contributed by atoms with Gasteiger partial charge < -0.3 is 20.0 Å². The third-order valence-corrected chi connectivity index (χ3v) is 8.87. The molecule has 2 aliphatic rings. The van der Waals surface area contributed by atoms with Crippen LogP contribution in [0.4, 0.5) is 10.6 Å². The SMILES string of the molecule is CSc1ccccc1CNC(=O)c1csc(C2CCN(C(=O)N3CCN(c4ccccn4)CC3)CC2)n1. The van der Waals surface area contributed by atoms with Crippen molar-refractivity contribution in [3.05, 3.63) is 70.3 Å². The summed E-state index contributed by atoms with van der Waals surface area (Å²) in [7, 11) is 0.